The summed E-state index contributed by atoms with van der Waals surface area (Å²) in [4.78, 5) is 0. The maximum Gasteiger partial charge on any atom is 0.122 e. The molecule has 0 saturated heterocycles. The van der Waals surface area contributed by atoms with Crippen molar-refractivity contribution < 1.29 is 10.2 Å². The lowest BCUT2D eigenvalue weighted by molar-refractivity contribution is 0.473. The van der Waals surface area contributed by atoms with Gasteiger partial charge < -0.3 is 10.2 Å². The molecule has 0 unspecified atom stereocenters. The van der Waals surface area contributed by atoms with Gasteiger partial charge in [-0.2, -0.15) is 0 Å². The van der Waals surface area contributed by atoms with Crippen molar-refractivity contribution >= 4 is 12.2 Å². The highest BCUT2D eigenvalue weighted by molar-refractivity contribution is 5.58. The predicted molar refractivity (Wildman–Crippen MR) is 79.2 cm³/mol. The Morgan fingerprint density at radius 2 is 1.21 bits per heavy atom. The highest BCUT2D eigenvalue weighted by Gasteiger charge is 2.03. The average Bonchev–Trinajstić information content (AvgIpc) is 2.43. The van der Waals surface area contributed by atoms with E-state index in [-0.39, 0.29) is 11.5 Å². The maximum absolute atomic E-state index is 9.60. The maximum atomic E-state index is 9.60. The fourth-order valence-corrected chi connectivity index (χ4v) is 1.99. The molecule has 2 rings (SSSR count). The first kappa shape index (κ1) is 13.0. The number of aromatic hydroxyl groups is 2. The van der Waals surface area contributed by atoms with Crippen LogP contribution >= 0.6 is 0 Å². The highest BCUT2D eigenvalue weighted by atomic mass is 16.3. The van der Waals surface area contributed by atoms with Gasteiger partial charge in [-0.3, -0.25) is 0 Å². The standard InChI is InChI=1S/C17H16O2/c1-3-14-10-12(5-7-16(14)18)9-13-6-8-17(19)15(4-2)11-13/h3-8,10-11,18-19H,1-2,9H2. The summed E-state index contributed by atoms with van der Waals surface area (Å²) in [7, 11) is 0. The Balaban J connectivity index is 2.30. The Kier molecular flexibility index (Phi) is 3.71. The minimum Gasteiger partial charge on any atom is -0.507 e. The molecule has 19 heavy (non-hydrogen) atoms. The van der Waals surface area contributed by atoms with Gasteiger partial charge in [0, 0.05) is 11.1 Å². The molecule has 0 aromatic heterocycles. The molecule has 0 spiro atoms. The topological polar surface area (TPSA) is 40.5 Å². The normalized spacial score (nSPS) is 10.1. The van der Waals surface area contributed by atoms with Gasteiger partial charge in [0.25, 0.3) is 0 Å². The minimum atomic E-state index is 0.233. The van der Waals surface area contributed by atoms with Crippen LogP contribution in [0.3, 0.4) is 0 Å². The molecular weight excluding hydrogens is 236 g/mol. The number of hydrogen-bond acceptors (Lipinski definition) is 2. The number of benzene rings is 2. The second kappa shape index (κ2) is 5.44. The van der Waals surface area contributed by atoms with E-state index in [0.717, 1.165) is 28.7 Å². The van der Waals surface area contributed by atoms with Crippen LogP contribution < -0.4 is 0 Å². The van der Waals surface area contributed by atoms with E-state index < -0.39 is 0 Å². The Morgan fingerprint density at radius 1 is 0.789 bits per heavy atom. The highest BCUT2D eigenvalue weighted by Crippen LogP contribution is 2.24. The largest absolute Gasteiger partial charge is 0.507 e. The smallest absolute Gasteiger partial charge is 0.122 e. The van der Waals surface area contributed by atoms with Crippen molar-refractivity contribution in [3.05, 3.63) is 71.8 Å². The Bertz CT molecular complexity index is 572. The molecule has 0 radical (unpaired) electrons. The van der Waals surface area contributed by atoms with Crippen LogP contribution in [0.2, 0.25) is 0 Å². The van der Waals surface area contributed by atoms with Crippen LogP contribution in [0.25, 0.3) is 12.2 Å². The average molecular weight is 252 g/mol. The molecular formula is C17H16O2. The van der Waals surface area contributed by atoms with Crippen molar-refractivity contribution in [3.63, 3.8) is 0 Å². The predicted octanol–water partition coefficient (Wildman–Crippen LogP) is 3.97. The second-order valence-corrected chi connectivity index (χ2v) is 4.37. The van der Waals surface area contributed by atoms with Crippen LogP contribution in [0.5, 0.6) is 11.5 Å². The molecule has 2 N–H and O–H groups in total. The molecule has 0 aliphatic heterocycles. The van der Waals surface area contributed by atoms with Gasteiger partial charge in [0.15, 0.2) is 0 Å². The Labute approximate surface area is 113 Å². The first-order valence-electron chi connectivity index (χ1n) is 6.02. The van der Waals surface area contributed by atoms with E-state index in [1.165, 1.54) is 0 Å². The van der Waals surface area contributed by atoms with Crippen molar-refractivity contribution in [2.75, 3.05) is 0 Å². The number of hydrogen-bond donors (Lipinski definition) is 2. The molecule has 2 aromatic carbocycles. The van der Waals surface area contributed by atoms with E-state index in [4.69, 9.17) is 0 Å². The summed E-state index contributed by atoms with van der Waals surface area (Å²) in [6.45, 7) is 7.35. The van der Waals surface area contributed by atoms with E-state index >= 15 is 0 Å². The van der Waals surface area contributed by atoms with Crippen molar-refractivity contribution in [1.82, 2.24) is 0 Å². The number of rotatable bonds is 4. The van der Waals surface area contributed by atoms with Gasteiger partial charge in [0.2, 0.25) is 0 Å². The summed E-state index contributed by atoms with van der Waals surface area (Å²) >= 11 is 0. The SMILES string of the molecule is C=Cc1cc(Cc2ccc(O)c(C=C)c2)ccc1O. The van der Waals surface area contributed by atoms with Crippen LogP contribution in [0.15, 0.2) is 49.6 Å². The quantitative estimate of drug-likeness (QED) is 0.864. The van der Waals surface area contributed by atoms with Crippen molar-refractivity contribution in [2.24, 2.45) is 0 Å². The summed E-state index contributed by atoms with van der Waals surface area (Å²) in [5.74, 6) is 0.465. The first-order chi connectivity index (χ1) is 9.13. The van der Waals surface area contributed by atoms with Crippen molar-refractivity contribution in [1.29, 1.82) is 0 Å². The lowest BCUT2D eigenvalue weighted by Gasteiger charge is -2.07. The zero-order valence-electron chi connectivity index (χ0n) is 10.6. The summed E-state index contributed by atoms with van der Waals surface area (Å²) in [6.07, 6.45) is 3.98. The van der Waals surface area contributed by atoms with Crippen molar-refractivity contribution in [3.8, 4) is 11.5 Å². The molecule has 2 nitrogen and oxygen atoms in total. The summed E-state index contributed by atoms with van der Waals surface area (Å²) < 4.78 is 0. The van der Waals surface area contributed by atoms with E-state index in [1.54, 1.807) is 24.3 Å². The van der Waals surface area contributed by atoms with Crippen LogP contribution in [-0.2, 0) is 6.42 Å². The molecule has 96 valence electrons. The van der Waals surface area contributed by atoms with E-state index in [0.29, 0.717) is 0 Å². The third-order valence-electron chi connectivity index (χ3n) is 3.03. The van der Waals surface area contributed by atoms with Crippen LogP contribution in [0, 0.1) is 0 Å². The fraction of sp³-hybridized carbons (Fsp3) is 0.0588. The van der Waals surface area contributed by atoms with Gasteiger partial charge in [-0.25, -0.2) is 0 Å². The van der Waals surface area contributed by atoms with Gasteiger partial charge in [0.1, 0.15) is 11.5 Å². The first-order valence-corrected chi connectivity index (χ1v) is 6.02. The van der Waals surface area contributed by atoms with Crippen LogP contribution in [-0.4, -0.2) is 10.2 Å². The minimum absolute atomic E-state index is 0.233. The zero-order chi connectivity index (χ0) is 13.8. The van der Waals surface area contributed by atoms with E-state index in [9.17, 15) is 10.2 Å². The van der Waals surface area contributed by atoms with Crippen molar-refractivity contribution in [2.45, 2.75) is 6.42 Å². The monoisotopic (exact) mass is 252 g/mol. The van der Waals surface area contributed by atoms with E-state index in [2.05, 4.69) is 13.2 Å². The molecule has 0 aliphatic carbocycles. The number of phenols is 2. The molecule has 0 amide bonds. The van der Waals surface area contributed by atoms with Crippen LogP contribution in [0.1, 0.15) is 22.3 Å². The summed E-state index contributed by atoms with van der Waals surface area (Å²) in [5.41, 5.74) is 3.60. The summed E-state index contributed by atoms with van der Waals surface area (Å²) in [5, 5.41) is 19.2. The molecule has 2 heteroatoms. The third kappa shape index (κ3) is 2.86. The number of phenolic OH excluding ortho intramolecular Hbond substituents is 2. The molecule has 0 heterocycles. The van der Waals surface area contributed by atoms with Crippen LogP contribution in [0.4, 0.5) is 0 Å². The Morgan fingerprint density at radius 3 is 1.58 bits per heavy atom. The Hall–Kier alpha value is -2.48. The lowest BCUT2D eigenvalue weighted by atomic mass is 10.0. The lowest BCUT2D eigenvalue weighted by Crippen LogP contribution is -1.90. The fourth-order valence-electron chi connectivity index (χ4n) is 1.99. The van der Waals surface area contributed by atoms with E-state index in [1.807, 2.05) is 24.3 Å². The van der Waals surface area contributed by atoms with Gasteiger partial charge in [-0.1, -0.05) is 37.4 Å². The van der Waals surface area contributed by atoms with Gasteiger partial charge in [0.05, 0.1) is 0 Å². The second-order valence-electron chi connectivity index (χ2n) is 4.37. The van der Waals surface area contributed by atoms with Gasteiger partial charge >= 0.3 is 0 Å². The van der Waals surface area contributed by atoms with Gasteiger partial charge in [-0.05, 0) is 41.8 Å². The molecule has 0 aliphatic rings. The molecule has 0 atom stereocenters. The summed E-state index contributed by atoms with van der Waals surface area (Å²) in [6, 6.07) is 10.9. The zero-order valence-corrected chi connectivity index (χ0v) is 10.6. The van der Waals surface area contributed by atoms with Gasteiger partial charge in [-0.15, -0.1) is 0 Å². The molecule has 0 saturated carbocycles. The molecule has 0 fully saturated rings. The molecule has 2 aromatic rings. The third-order valence-corrected chi connectivity index (χ3v) is 3.03. The molecule has 0 bridgehead atoms.